The summed E-state index contributed by atoms with van der Waals surface area (Å²) in [6.07, 6.45) is 5.13. The molecule has 0 bridgehead atoms. The van der Waals surface area contributed by atoms with Crippen molar-refractivity contribution < 1.29 is 9.53 Å². The summed E-state index contributed by atoms with van der Waals surface area (Å²) >= 11 is 6.00. The van der Waals surface area contributed by atoms with Crippen molar-refractivity contribution in [1.29, 1.82) is 0 Å². The lowest BCUT2D eigenvalue weighted by Crippen LogP contribution is -2.31. The Bertz CT molecular complexity index is 776. The number of benzene rings is 1. The molecule has 0 unspecified atom stereocenters. The Kier molecular flexibility index (Phi) is 5.38. The summed E-state index contributed by atoms with van der Waals surface area (Å²) in [5.41, 5.74) is 1.59. The number of hydrogen-bond donors (Lipinski definition) is 1. The highest BCUT2D eigenvalue weighted by Gasteiger charge is 2.18. The molecule has 0 radical (unpaired) electrons. The van der Waals surface area contributed by atoms with E-state index in [1.165, 1.54) is 6.42 Å². The first-order valence-corrected chi connectivity index (χ1v) is 8.70. The highest BCUT2D eigenvalue weighted by molar-refractivity contribution is 6.31. The van der Waals surface area contributed by atoms with Crippen molar-refractivity contribution in [3.63, 3.8) is 0 Å². The van der Waals surface area contributed by atoms with E-state index in [1.54, 1.807) is 31.5 Å². The van der Waals surface area contributed by atoms with Gasteiger partial charge in [0.1, 0.15) is 5.75 Å². The number of nitrogens with zero attached hydrogens (tertiary/aromatic N) is 3. The predicted molar refractivity (Wildman–Crippen MR) is 98.8 cm³/mol. The van der Waals surface area contributed by atoms with Crippen molar-refractivity contribution in [2.24, 2.45) is 0 Å². The molecule has 1 N–H and O–H groups in total. The molecule has 1 fully saturated rings. The summed E-state index contributed by atoms with van der Waals surface area (Å²) in [6.45, 7) is 3.74. The maximum absolute atomic E-state index is 12.6. The van der Waals surface area contributed by atoms with Crippen LogP contribution in [0.15, 0.2) is 24.4 Å². The third-order valence-corrected chi connectivity index (χ3v) is 4.49. The van der Waals surface area contributed by atoms with Gasteiger partial charge < -0.3 is 15.0 Å². The van der Waals surface area contributed by atoms with Crippen LogP contribution in [-0.4, -0.2) is 36.1 Å². The topological polar surface area (TPSA) is 67.3 Å². The molecule has 0 atom stereocenters. The fourth-order valence-corrected chi connectivity index (χ4v) is 3.06. The van der Waals surface area contributed by atoms with Gasteiger partial charge in [0.05, 0.1) is 24.1 Å². The van der Waals surface area contributed by atoms with Crippen LogP contribution in [-0.2, 0) is 0 Å². The number of halogens is 1. The average Bonchev–Trinajstić information content (AvgIpc) is 2.62. The van der Waals surface area contributed by atoms with E-state index in [0.29, 0.717) is 33.7 Å². The lowest BCUT2D eigenvalue weighted by molar-refractivity contribution is 0.102. The Balaban J connectivity index is 1.79. The van der Waals surface area contributed by atoms with Crippen molar-refractivity contribution in [2.45, 2.75) is 26.2 Å². The molecule has 0 spiro atoms. The molecule has 1 saturated heterocycles. The van der Waals surface area contributed by atoms with Crippen LogP contribution in [0, 0.1) is 6.92 Å². The van der Waals surface area contributed by atoms with E-state index in [9.17, 15) is 4.79 Å². The standard InChI is InChI=1S/C18H21ClN4O2/c1-12-14(11-20-18(21-12)23-8-4-3-5-9-23)17(24)22-15-10-13(19)6-7-16(15)25-2/h6-7,10-11H,3-5,8-9H2,1-2H3,(H,22,24). The molecule has 1 aromatic heterocycles. The summed E-state index contributed by atoms with van der Waals surface area (Å²) in [5, 5.41) is 3.33. The molecular formula is C18H21ClN4O2. The maximum atomic E-state index is 12.6. The number of aryl methyl sites for hydroxylation is 1. The smallest absolute Gasteiger partial charge is 0.259 e. The van der Waals surface area contributed by atoms with E-state index in [1.807, 2.05) is 6.92 Å². The number of carbonyl (C=O) groups is 1. The zero-order valence-electron chi connectivity index (χ0n) is 14.4. The molecule has 2 heterocycles. The number of rotatable bonds is 4. The Hall–Kier alpha value is -2.34. The molecule has 1 aliphatic rings. The SMILES string of the molecule is COc1ccc(Cl)cc1NC(=O)c1cnc(N2CCCCC2)nc1C. The van der Waals surface area contributed by atoms with Crippen LogP contribution in [0.1, 0.15) is 35.3 Å². The van der Waals surface area contributed by atoms with Crippen molar-refractivity contribution in [3.8, 4) is 5.75 Å². The predicted octanol–water partition coefficient (Wildman–Crippen LogP) is 3.69. The second kappa shape index (κ2) is 7.70. The Labute approximate surface area is 152 Å². The first kappa shape index (κ1) is 17.5. The number of ether oxygens (including phenoxy) is 1. The number of methoxy groups -OCH3 is 1. The minimum atomic E-state index is -0.289. The van der Waals surface area contributed by atoms with Crippen molar-refractivity contribution in [2.75, 3.05) is 30.4 Å². The van der Waals surface area contributed by atoms with E-state index in [0.717, 1.165) is 25.9 Å². The third-order valence-electron chi connectivity index (χ3n) is 4.26. The van der Waals surface area contributed by atoms with Crippen LogP contribution >= 0.6 is 11.6 Å². The summed E-state index contributed by atoms with van der Waals surface area (Å²) in [4.78, 5) is 23.7. The highest BCUT2D eigenvalue weighted by Crippen LogP contribution is 2.28. The van der Waals surface area contributed by atoms with E-state index < -0.39 is 0 Å². The molecule has 0 saturated carbocycles. The van der Waals surface area contributed by atoms with Gasteiger partial charge in [0.2, 0.25) is 5.95 Å². The molecule has 25 heavy (non-hydrogen) atoms. The fourth-order valence-electron chi connectivity index (χ4n) is 2.89. The zero-order valence-corrected chi connectivity index (χ0v) is 15.1. The third kappa shape index (κ3) is 4.02. The van der Waals surface area contributed by atoms with Crippen molar-refractivity contribution in [1.82, 2.24) is 9.97 Å². The summed E-state index contributed by atoms with van der Waals surface area (Å²) in [5.74, 6) is 0.943. The lowest BCUT2D eigenvalue weighted by atomic mass is 10.1. The minimum Gasteiger partial charge on any atom is -0.495 e. The van der Waals surface area contributed by atoms with E-state index >= 15 is 0 Å². The van der Waals surface area contributed by atoms with Crippen LogP contribution < -0.4 is 15.0 Å². The molecule has 6 nitrogen and oxygen atoms in total. The summed E-state index contributed by atoms with van der Waals surface area (Å²) in [7, 11) is 1.54. The number of aromatic nitrogens is 2. The lowest BCUT2D eigenvalue weighted by Gasteiger charge is -2.26. The summed E-state index contributed by atoms with van der Waals surface area (Å²) < 4.78 is 5.25. The molecule has 1 aromatic carbocycles. The molecule has 2 aromatic rings. The number of piperidine rings is 1. The van der Waals surface area contributed by atoms with Gasteiger partial charge in [0.25, 0.3) is 5.91 Å². The van der Waals surface area contributed by atoms with Crippen LogP contribution in [0.3, 0.4) is 0 Å². The maximum Gasteiger partial charge on any atom is 0.259 e. The minimum absolute atomic E-state index is 0.289. The monoisotopic (exact) mass is 360 g/mol. The van der Waals surface area contributed by atoms with Gasteiger partial charge in [0.15, 0.2) is 0 Å². The van der Waals surface area contributed by atoms with Gasteiger partial charge in [-0.25, -0.2) is 9.97 Å². The van der Waals surface area contributed by atoms with Gasteiger partial charge >= 0.3 is 0 Å². The number of anilines is 2. The molecule has 1 amide bonds. The van der Waals surface area contributed by atoms with Gasteiger partial charge in [0, 0.05) is 24.3 Å². The van der Waals surface area contributed by atoms with Gasteiger partial charge in [-0.05, 0) is 44.4 Å². The largest absolute Gasteiger partial charge is 0.495 e. The molecule has 7 heteroatoms. The van der Waals surface area contributed by atoms with E-state index in [2.05, 4.69) is 20.2 Å². The fraction of sp³-hybridized carbons (Fsp3) is 0.389. The molecule has 132 valence electrons. The van der Waals surface area contributed by atoms with Crippen LogP contribution in [0.25, 0.3) is 0 Å². The quantitative estimate of drug-likeness (QED) is 0.900. The molecular weight excluding hydrogens is 340 g/mol. The van der Waals surface area contributed by atoms with Crippen molar-refractivity contribution in [3.05, 3.63) is 40.7 Å². The summed E-state index contributed by atoms with van der Waals surface area (Å²) in [6, 6.07) is 5.06. The van der Waals surface area contributed by atoms with Gasteiger partial charge in [-0.15, -0.1) is 0 Å². The van der Waals surface area contributed by atoms with E-state index in [-0.39, 0.29) is 5.91 Å². The second-order valence-corrected chi connectivity index (χ2v) is 6.45. The average molecular weight is 361 g/mol. The molecule has 3 rings (SSSR count). The number of amides is 1. The van der Waals surface area contributed by atoms with Crippen LogP contribution in [0.5, 0.6) is 5.75 Å². The zero-order chi connectivity index (χ0) is 17.8. The Morgan fingerprint density at radius 2 is 2.04 bits per heavy atom. The first-order valence-electron chi connectivity index (χ1n) is 8.32. The van der Waals surface area contributed by atoms with Crippen LogP contribution in [0.2, 0.25) is 5.02 Å². The van der Waals surface area contributed by atoms with Crippen LogP contribution in [0.4, 0.5) is 11.6 Å². The second-order valence-electron chi connectivity index (χ2n) is 6.02. The van der Waals surface area contributed by atoms with Gasteiger partial charge in [-0.1, -0.05) is 11.6 Å². The Morgan fingerprint density at radius 1 is 1.28 bits per heavy atom. The molecule has 1 aliphatic heterocycles. The molecule has 0 aliphatic carbocycles. The highest BCUT2D eigenvalue weighted by atomic mass is 35.5. The van der Waals surface area contributed by atoms with E-state index in [4.69, 9.17) is 16.3 Å². The normalized spacial score (nSPS) is 14.3. The number of nitrogens with one attached hydrogen (secondary N) is 1. The number of hydrogen-bond acceptors (Lipinski definition) is 5. The van der Waals surface area contributed by atoms with Gasteiger partial charge in [-0.3, -0.25) is 4.79 Å². The van der Waals surface area contributed by atoms with Crippen molar-refractivity contribution >= 4 is 29.1 Å². The Morgan fingerprint density at radius 3 is 2.72 bits per heavy atom. The first-order chi connectivity index (χ1) is 12.1. The number of carbonyl (C=O) groups excluding carboxylic acids is 1. The van der Waals surface area contributed by atoms with Gasteiger partial charge in [-0.2, -0.15) is 0 Å².